The normalized spacial score (nSPS) is 12.7. The maximum atomic E-state index is 12.3. The van der Waals surface area contributed by atoms with Gasteiger partial charge in [-0.1, -0.05) is 44.4 Å². The number of unbranched alkanes of at least 4 members (excludes halogenated alkanes) is 2. The van der Waals surface area contributed by atoms with Crippen LogP contribution in [0.5, 0.6) is 5.75 Å². The summed E-state index contributed by atoms with van der Waals surface area (Å²) in [5, 5.41) is 0. The van der Waals surface area contributed by atoms with Gasteiger partial charge in [0.2, 0.25) is 0 Å². The Balaban J connectivity index is 2.77. The van der Waals surface area contributed by atoms with Crippen LogP contribution in [0.15, 0.2) is 24.3 Å². The molecular weight excluding hydrogens is 238 g/mol. The first-order chi connectivity index (χ1) is 8.69. The molecule has 0 saturated carbocycles. The van der Waals surface area contributed by atoms with Crippen molar-refractivity contribution in [3.05, 3.63) is 29.8 Å². The van der Waals surface area contributed by atoms with Crippen molar-refractivity contribution in [2.45, 2.75) is 45.3 Å². The van der Waals surface area contributed by atoms with Gasteiger partial charge in [0.05, 0.1) is 0 Å². The van der Waals surface area contributed by atoms with Gasteiger partial charge >= 0.3 is 6.61 Å². The van der Waals surface area contributed by atoms with Gasteiger partial charge in [0.25, 0.3) is 0 Å². The minimum absolute atomic E-state index is 0.161. The molecule has 0 bridgehead atoms. The lowest BCUT2D eigenvalue weighted by Gasteiger charge is -2.19. The summed E-state index contributed by atoms with van der Waals surface area (Å²) in [4.78, 5) is 0. The molecule has 0 saturated heterocycles. The summed E-state index contributed by atoms with van der Waals surface area (Å²) >= 11 is 0. The van der Waals surface area contributed by atoms with Crippen LogP contribution in [0.3, 0.4) is 0 Å². The van der Waals surface area contributed by atoms with Crippen molar-refractivity contribution >= 4 is 0 Å². The highest BCUT2D eigenvalue weighted by Crippen LogP contribution is 2.29. The second-order valence-corrected chi connectivity index (χ2v) is 4.13. The van der Waals surface area contributed by atoms with Gasteiger partial charge in [0, 0.05) is 11.6 Å². The Hall–Kier alpha value is -1.20. The van der Waals surface area contributed by atoms with E-state index in [4.69, 9.17) is 5.84 Å². The van der Waals surface area contributed by atoms with Crippen LogP contribution < -0.4 is 16.0 Å². The summed E-state index contributed by atoms with van der Waals surface area (Å²) in [7, 11) is 0. The standard InChI is InChI=1S/C13H20F2N2O/c1-2-3-4-8-11(17-16)10-7-5-6-9-12(10)18-13(14)15/h5-7,9,11,13,17H,2-4,8,16H2,1H3. The van der Waals surface area contributed by atoms with E-state index < -0.39 is 6.61 Å². The van der Waals surface area contributed by atoms with E-state index in [1.807, 2.05) is 0 Å². The fraction of sp³-hybridized carbons (Fsp3) is 0.538. The molecule has 0 fully saturated rings. The van der Waals surface area contributed by atoms with Gasteiger partial charge in [-0.05, 0) is 12.5 Å². The van der Waals surface area contributed by atoms with E-state index >= 15 is 0 Å². The average molecular weight is 258 g/mol. The first-order valence-corrected chi connectivity index (χ1v) is 6.18. The number of hydrogen-bond acceptors (Lipinski definition) is 3. The van der Waals surface area contributed by atoms with Crippen LogP contribution in [0, 0.1) is 0 Å². The van der Waals surface area contributed by atoms with E-state index in [0.717, 1.165) is 25.7 Å². The SMILES string of the molecule is CCCCCC(NN)c1ccccc1OC(F)F. The van der Waals surface area contributed by atoms with Crippen molar-refractivity contribution in [3.63, 3.8) is 0 Å². The summed E-state index contributed by atoms with van der Waals surface area (Å²) in [6.07, 6.45) is 3.99. The molecular formula is C13H20F2N2O. The zero-order valence-corrected chi connectivity index (χ0v) is 10.5. The van der Waals surface area contributed by atoms with E-state index in [1.54, 1.807) is 18.2 Å². The molecule has 0 spiro atoms. The Labute approximate surface area is 106 Å². The summed E-state index contributed by atoms with van der Waals surface area (Å²) in [5.41, 5.74) is 3.34. The quantitative estimate of drug-likeness (QED) is 0.427. The fourth-order valence-electron chi connectivity index (χ4n) is 1.90. The number of halogens is 2. The number of ether oxygens (including phenoxy) is 1. The second kappa shape index (κ2) is 8.00. The lowest BCUT2D eigenvalue weighted by atomic mass is 10.00. The second-order valence-electron chi connectivity index (χ2n) is 4.13. The van der Waals surface area contributed by atoms with E-state index in [0.29, 0.717) is 5.56 Å². The van der Waals surface area contributed by atoms with Crippen molar-refractivity contribution in [2.75, 3.05) is 0 Å². The van der Waals surface area contributed by atoms with Crippen molar-refractivity contribution in [1.29, 1.82) is 0 Å². The number of nitrogens with two attached hydrogens (primary N) is 1. The zero-order valence-electron chi connectivity index (χ0n) is 10.5. The number of alkyl halides is 2. The molecule has 1 rings (SSSR count). The molecule has 3 nitrogen and oxygen atoms in total. The van der Waals surface area contributed by atoms with Gasteiger partial charge in [-0.3, -0.25) is 11.3 Å². The highest BCUT2D eigenvalue weighted by atomic mass is 19.3. The molecule has 1 aromatic rings. The largest absolute Gasteiger partial charge is 0.434 e. The number of para-hydroxylation sites is 1. The Bertz CT molecular complexity index is 348. The number of benzene rings is 1. The predicted octanol–water partition coefficient (Wildman–Crippen LogP) is 3.37. The van der Waals surface area contributed by atoms with E-state index in [2.05, 4.69) is 17.1 Å². The molecule has 0 aliphatic rings. The minimum Gasteiger partial charge on any atom is -0.434 e. The minimum atomic E-state index is -2.82. The van der Waals surface area contributed by atoms with E-state index in [9.17, 15) is 8.78 Å². The summed E-state index contributed by atoms with van der Waals surface area (Å²) in [6.45, 7) is -0.709. The Morgan fingerprint density at radius 2 is 2.00 bits per heavy atom. The molecule has 0 heterocycles. The maximum absolute atomic E-state index is 12.3. The summed E-state index contributed by atoms with van der Waals surface area (Å²) in [6, 6.07) is 6.59. The third-order valence-corrected chi connectivity index (χ3v) is 2.81. The highest BCUT2D eigenvalue weighted by molar-refractivity contribution is 5.35. The number of rotatable bonds is 8. The molecule has 3 N–H and O–H groups in total. The number of hydrazine groups is 1. The molecule has 0 aliphatic carbocycles. The van der Waals surface area contributed by atoms with Gasteiger partial charge in [-0.15, -0.1) is 0 Å². The van der Waals surface area contributed by atoms with Gasteiger partial charge in [-0.2, -0.15) is 8.78 Å². The van der Waals surface area contributed by atoms with Crippen LogP contribution in [0.25, 0.3) is 0 Å². The molecule has 18 heavy (non-hydrogen) atoms. The molecule has 1 aromatic carbocycles. The van der Waals surface area contributed by atoms with Crippen molar-refractivity contribution in [1.82, 2.24) is 5.43 Å². The van der Waals surface area contributed by atoms with Gasteiger partial charge in [-0.25, -0.2) is 0 Å². The molecule has 102 valence electrons. The van der Waals surface area contributed by atoms with E-state index in [1.165, 1.54) is 6.07 Å². The van der Waals surface area contributed by atoms with Crippen LogP contribution in [-0.4, -0.2) is 6.61 Å². The Kier molecular flexibility index (Phi) is 6.60. The third kappa shape index (κ3) is 4.58. The Morgan fingerprint density at radius 1 is 1.28 bits per heavy atom. The molecule has 1 unspecified atom stereocenters. The van der Waals surface area contributed by atoms with Crippen LogP contribution in [0.4, 0.5) is 8.78 Å². The molecule has 0 amide bonds. The molecule has 0 aliphatic heterocycles. The lowest BCUT2D eigenvalue weighted by molar-refractivity contribution is -0.0507. The van der Waals surface area contributed by atoms with Crippen molar-refractivity contribution in [3.8, 4) is 5.75 Å². The summed E-state index contributed by atoms with van der Waals surface area (Å²) in [5.74, 6) is 5.68. The van der Waals surface area contributed by atoms with Crippen LogP contribution in [-0.2, 0) is 0 Å². The third-order valence-electron chi connectivity index (χ3n) is 2.81. The smallest absolute Gasteiger partial charge is 0.387 e. The maximum Gasteiger partial charge on any atom is 0.387 e. The van der Waals surface area contributed by atoms with Crippen LogP contribution >= 0.6 is 0 Å². The first kappa shape index (κ1) is 14.9. The Morgan fingerprint density at radius 3 is 2.61 bits per heavy atom. The van der Waals surface area contributed by atoms with Crippen molar-refractivity contribution < 1.29 is 13.5 Å². The average Bonchev–Trinajstić information content (AvgIpc) is 2.35. The zero-order chi connectivity index (χ0) is 13.4. The van der Waals surface area contributed by atoms with Crippen LogP contribution in [0.2, 0.25) is 0 Å². The molecule has 5 heteroatoms. The monoisotopic (exact) mass is 258 g/mol. The van der Waals surface area contributed by atoms with Crippen LogP contribution in [0.1, 0.15) is 44.2 Å². The lowest BCUT2D eigenvalue weighted by Crippen LogP contribution is -2.28. The number of hydrogen-bond donors (Lipinski definition) is 2. The van der Waals surface area contributed by atoms with Gasteiger partial charge < -0.3 is 4.74 Å². The fourth-order valence-corrected chi connectivity index (χ4v) is 1.90. The van der Waals surface area contributed by atoms with Gasteiger partial charge in [0.1, 0.15) is 5.75 Å². The highest BCUT2D eigenvalue weighted by Gasteiger charge is 2.16. The molecule has 0 aromatic heterocycles. The summed E-state index contributed by atoms with van der Waals surface area (Å²) < 4.78 is 29.1. The molecule has 1 atom stereocenters. The first-order valence-electron chi connectivity index (χ1n) is 6.18. The number of nitrogens with one attached hydrogen (secondary N) is 1. The molecule has 0 radical (unpaired) electrons. The topological polar surface area (TPSA) is 47.3 Å². The van der Waals surface area contributed by atoms with Gasteiger partial charge in [0.15, 0.2) is 0 Å². The van der Waals surface area contributed by atoms with Crippen molar-refractivity contribution in [2.24, 2.45) is 5.84 Å². The van der Waals surface area contributed by atoms with E-state index in [-0.39, 0.29) is 11.8 Å². The predicted molar refractivity (Wildman–Crippen MR) is 67.3 cm³/mol.